The Balaban J connectivity index is 1.83. The Hall–Kier alpha value is -1.79. The lowest BCUT2D eigenvalue weighted by Gasteiger charge is -2.23. The lowest BCUT2D eigenvalue weighted by molar-refractivity contribution is -0.0500. The van der Waals surface area contributed by atoms with E-state index in [2.05, 4.69) is 40.3 Å². The van der Waals surface area contributed by atoms with E-state index in [1.165, 1.54) is 36.2 Å². The molecule has 3 heterocycles. The highest BCUT2D eigenvalue weighted by molar-refractivity contribution is 6.78. The maximum atomic E-state index is 10.4. The zero-order valence-corrected chi connectivity index (χ0v) is 18.2. The summed E-state index contributed by atoms with van der Waals surface area (Å²) in [6, 6.07) is 1.24. The number of aliphatic hydroxyl groups is 3. The third-order valence-electron chi connectivity index (χ3n) is 5.47. The second-order valence-corrected chi connectivity index (χ2v) is 13.6. The number of nitrogen functional groups attached to an aromatic ring is 1. The van der Waals surface area contributed by atoms with Gasteiger partial charge in [0.15, 0.2) is 23.2 Å². The van der Waals surface area contributed by atoms with Crippen LogP contribution in [-0.4, -0.2) is 74.0 Å². The summed E-state index contributed by atoms with van der Waals surface area (Å²) < 4.78 is 7.04. The third kappa shape index (κ3) is 4.53. The lowest BCUT2D eigenvalue weighted by atomic mass is 10.1. The molecule has 4 atom stereocenters. The van der Waals surface area contributed by atoms with Crippen LogP contribution in [0.2, 0.25) is 19.1 Å². The minimum atomic E-state index is -1.44. The highest BCUT2D eigenvalue weighted by atomic mass is 28.3. The van der Waals surface area contributed by atoms with E-state index in [4.69, 9.17) is 10.5 Å². The summed E-state index contributed by atoms with van der Waals surface area (Å²) in [5.41, 5.74) is 6.98. The molecule has 0 amide bonds. The molecule has 3 rings (SSSR count). The van der Waals surface area contributed by atoms with Gasteiger partial charge in [-0.2, -0.15) is 0 Å². The van der Waals surface area contributed by atoms with Gasteiger partial charge in [-0.3, -0.25) is 4.57 Å². The molecular formula is C18H32N6O4Si. The average Bonchev–Trinajstić information content (AvgIpc) is 3.16. The van der Waals surface area contributed by atoms with Crippen LogP contribution in [0.4, 0.5) is 11.8 Å². The molecule has 0 aliphatic carbocycles. The molecule has 1 aliphatic rings. The Morgan fingerprint density at radius 1 is 1.24 bits per heavy atom. The van der Waals surface area contributed by atoms with E-state index in [1.807, 2.05) is 0 Å². The molecule has 0 radical (unpaired) electrons. The Bertz CT molecular complexity index is 832. The predicted molar refractivity (Wildman–Crippen MR) is 113 cm³/mol. The molecule has 0 spiro atoms. The number of rotatable bonds is 9. The molecule has 10 nitrogen and oxygen atoms in total. The van der Waals surface area contributed by atoms with Gasteiger partial charge in [-0.15, -0.1) is 0 Å². The number of nitrogens with one attached hydrogen (secondary N) is 1. The smallest absolute Gasteiger partial charge is 0.204 e. The maximum Gasteiger partial charge on any atom is 0.204 e. The van der Waals surface area contributed by atoms with Crippen LogP contribution >= 0.6 is 0 Å². The monoisotopic (exact) mass is 424 g/mol. The van der Waals surface area contributed by atoms with Gasteiger partial charge in [-0.1, -0.05) is 45.3 Å². The van der Waals surface area contributed by atoms with Crippen molar-refractivity contribution in [1.82, 2.24) is 19.5 Å². The molecular weight excluding hydrogens is 392 g/mol. The molecule has 1 aliphatic heterocycles. The first-order chi connectivity index (χ1) is 13.8. The van der Waals surface area contributed by atoms with Gasteiger partial charge >= 0.3 is 0 Å². The van der Waals surface area contributed by atoms with Crippen molar-refractivity contribution in [3.05, 3.63) is 6.33 Å². The van der Waals surface area contributed by atoms with Gasteiger partial charge in [-0.25, -0.2) is 15.0 Å². The third-order valence-corrected chi connectivity index (χ3v) is 8.31. The topological polar surface area (TPSA) is 152 Å². The van der Waals surface area contributed by atoms with E-state index in [-0.39, 0.29) is 5.95 Å². The van der Waals surface area contributed by atoms with Crippen molar-refractivity contribution in [3.63, 3.8) is 0 Å². The summed E-state index contributed by atoms with van der Waals surface area (Å²) in [5, 5.41) is 33.2. The Kier molecular flexibility index (Phi) is 6.74. The molecule has 0 bridgehead atoms. The van der Waals surface area contributed by atoms with Gasteiger partial charge < -0.3 is 31.1 Å². The molecule has 0 saturated carbocycles. The zero-order chi connectivity index (χ0) is 21.2. The highest BCUT2D eigenvalue weighted by Gasteiger charge is 2.44. The molecule has 162 valence electrons. The summed E-state index contributed by atoms with van der Waals surface area (Å²) in [6.45, 7) is 6.49. The van der Waals surface area contributed by atoms with Crippen LogP contribution in [-0.2, 0) is 4.74 Å². The predicted octanol–water partition coefficient (Wildman–Crippen LogP) is 0.870. The second-order valence-electron chi connectivity index (χ2n) is 8.44. The fourth-order valence-corrected chi connectivity index (χ4v) is 5.69. The molecule has 29 heavy (non-hydrogen) atoms. The number of nitrogens with two attached hydrogens (primary N) is 1. The van der Waals surface area contributed by atoms with Crippen LogP contribution in [0.5, 0.6) is 0 Å². The van der Waals surface area contributed by atoms with Crippen molar-refractivity contribution >= 4 is 31.0 Å². The highest BCUT2D eigenvalue weighted by Crippen LogP contribution is 2.34. The van der Waals surface area contributed by atoms with E-state index >= 15 is 0 Å². The summed E-state index contributed by atoms with van der Waals surface area (Å²) in [6.07, 6.45) is 1.58. The molecule has 11 heteroatoms. The van der Waals surface area contributed by atoms with Crippen LogP contribution in [0.25, 0.3) is 11.2 Å². The van der Waals surface area contributed by atoms with Crippen molar-refractivity contribution in [2.24, 2.45) is 0 Å². The average molecular weight is 425 g/mol. The zero-order valence-electron chi connectivity index (χ0n) is 17.2. The van der Waals surface area contributed by atoms with Crippen molar-refractivity contribution in [2.45, 2.75) is 69.9 Å². The van der Waals surface area contributed by atoms with Crippen LogP contribution in [0.15, 0.2) is 6.33 Å². The van der Waals surface area contributed by atoms with Crippen LogP contribution in [0.1, 0.15) is 32.4 Å². The van der Waals surface area contributed by atoms with Crippen molar-refractivity contribution in [2.75, 3.05) is 23.8 Å². The van der Waals surface area contributed by atoms with Crippen molar-refractivity contribution in [3.8, 4) is 0 Å². The van der Waals surface area contributed by atoms with E-state index in [9.17, 15) is 15.3 Å². The summed E-state index contributed by atoms with van der Waals surface area (Å²) in [5.74, 6) is 0.682. The number of imidazole rings is 1. The number of hydrogen-bond donors (Lipinski definition) is 5. The number of hydrogen-bond acceptors (Lipinski definition) is 9. The Labute approximate surface area is 171 Å². The van der Waals surface area contributed by atoms with Gasteiger partial charge in [0, 0.05) is 6.17 Å². The first kappa shape index (κ1) is 21.9. The number of aliphatic hydroxyl groups excluding tert-OH is 3. The fraction of sp³-hybridized carbons (Fsp3) is 0.722. The summed E-state index contributed by atoms with van der Waals surface area (Å²) in [7, 11) is -1.44. The molecule has 2 aromatic rings. The van der Waals surface area contributed by atoms with Crippen molar-refractivity contribution in [1.29, 1.82) is 0 Å². The van der Waals surface area contributed by atoms with Crippen LogP contribution in [0, 0.1) is 0 Å². The van der Waals surface area contributed by atoms with Crippen LogP contribution in [0.3, 0.4) is 0 Å². The van der Waals surface area contributed by atoms with Gasteiger partial charge in [0.25, 0.3) is 0 Å². The Morgan fingerprint density at radius 3 is 2.66 bits per heavy atom. The first-order valence-corrected chi connectivity index (χ1v) is 13.5. The molecule has 1 fully saturated rings. The Morgan fingerprint density at radius 2 is 2.00 bits per heavy atom. The summed E-state index contributed by atoms with van der Waals surface area (Å²) in [4.78, 5) is 13.0. The minimum absolute atomic E-state index is 0.0952. The minimum Gasteiger partial charge on any atom is -0.394 e. The normalized spacial score (nSPS) is 25.0. The number of ether oxygens (including phenoxy) is 1. The molecule has 2 aromatic heterocycles. The summed E-state index contributed by atoms with van der Waals surface area (Å²) >= 11 is 0. The largest absolute Gasteiger partial charge is 0.394 e. The van der Waals surface area contributed by atoms with E-state index in [1.54, 1.807) is 0 Å². The molecule has 0 aromatic carbocycles. The second kappa shape index (κ2) is 8.92. The van der Waals surface area contributed by atoms with E-state index in [0.29, 0.717) is 17.0 Å². The van der Waals surface area contributed by atoms with E-state index < -0.39 is 39.2 Å². The standard InChI is InChI=1S/C18H32N6O4Si/c1-4-5-6-7-29(2,3)10-22-15-12-16(21-9-20-15)24(18(19)23-12)17-14(27)13(26)11(8-25)28-17/h9,11,13-14,17,25-27H,4-8,10H2,1-3H3,(H2,19,23)(H,20,21,22)/t11-,13-,14-,17-/m1/s1. The van der Waals surface area contributed by atoms with E-state index in [0.717, 1.165) is 6.17 Å². The molecule has 6 N–H and O–H groups in total. The van der Waals surface area contributed by atoms with Crippen LogP contribution < -0.4 is 11.1 Å². The number of unbranched alkanes of at least 4 members (excludes halogenated alkanes) is 2. The molecule has 1 saturated heterocycles. The van der Waals surface area contributed by atoms with Crippen molar-refractivity contribution < 1.29 is 20.1 Å². The number of anilines is 2. The number of fused-ring (bicyclic) bond motifs is 1. The quantitative estimate of drug-likeness (QED) is 0.291. The fourth-order valence-electron chi connectivity index (χ4n) is 3.66. The van der Waals surface area contributed by atoms with Gasteiger partial charge in [0.1, 0.15) is 24.6 Å². The maximum absolute atomic E-state index is 10.4. The SMILES string of the molecule is CCCCC[Si](C)(C)CNc1ncnc2c1nc(N)n2[C@@H]1O[C@H](CO)[C@@H](O)[C@H]1O. The number of nitrogens with zero attached hydrogens (tertiary/aromatic N) is 4. The van der Waals surface area contributed by atoms with Gasteiger partial charge in [-0.05, 0) is 0 Å². The first-order valence-electron chi connectivity index (χ1n) is 10.1. The lowest BCUT2D eigenvalue weighted by Crippen LogP contribution is -2.35. The number of aromatic nitrogens is 4. The van der Waals surface area contributed by atoms with Gasteiger partial charge in [0.05, 0.1) is 14.7 Å². The van der Waals surface area contributed by atoms with Gasteiger partial charge in [0.2, 0.25) is 5.95 Å². The molecule has 0 unspecified atom stereocenters.